The molecular formula is C29H39F2N5O4. The first-order valence-electron chi connectivity index (χ1n) is 14.1. The number of carbonyl (C=O) groups excluding carboxylic acids is 3. The van der Waals surface area contributed by atoms with Crippen molar-refractivity contribution in [2.45, 2.75) is 77.1 Å². The van der Waals surface area contributed by atoms with Gasteiger partial charge in [0.2, 0.25) is 5.91 Å². The summed E-state index contributed by atoms with van der Waals surface area (Å²) in [6, 6.07) is 2.98. The Labute approximate surface area is 233 Å². The Morgan fingerprint density at radius 2 is 1.77 bits per heavy atom. The third-order valence-electron chi connectivity index (χ3n) is 8.22. The van der Waals surface area contributed by atoms with Gasteiger partial charge in [-0.1, -0.05) is 0 Å². The third kappa shape index (κ3) is 5.80. The Morgan fingerprint density at radius 1 is 1.10 bits per heavy atom. The van der Waals surface area contributed by atoms with Crippen molar-refractivity contribution < 1.29 is 27.9 Å². The Morgan fingerprint density at radius 3 is 2.40 bits per heavy atom. The molecule has 9 nitrogen and oxygen atoms in total. The average molecular weight is 560 g/mol. The molecule has 0 atom stereocenters. The van der Waals surface area contributed by atoms with Crippen molar-refractivity contribution in [2.75, 3.05) is 44.2 Å². The summed E-state index contributed by atoms with van der Waals surface area (Å²) in [6.45, 7) is 9.96. The van der Waals surface area contributed by atoms with Gasteiger partial charge in [0.25, 0.3) is 0 Å². The Hall–Kier alpha value is -3.21. The molecule has 5 rings (SSSR count). The highest BCUT2D eigenvalue weighted by atomic mass is 19.1. The van der Waals surface area contributed by atoms with E-state index in [4.69, 9.17) is 4.74 Å². The van der Waals surface area contributed by atoms with Crippen LogP contribution in [0, 0.1) is 12.7 Å². The van der Waals surface area contributed by atoms with Crippen LogP contribution in [-0.2, 0) is 9.53 Å². The topological polar surface area (TPSA) is 87.1 Å². The van der Waals surface area contributed by atoms with E-state index in [1.807, 2.05) is 40.0 Å². The van der Waals surface area contributed by atoms with E-state index >= 15 is 8.78 Å². The molecule has 11 heteroatoms. The van der Waals surface area contributed by atoms with Gasteiger partial charge in [0, 0.05) is 76.2 Å². The predicted octanol–water partition coefficient (Wildman–Crippen LogP) is 4.91. The maximum atomic E-state index is 15.7. The lowest BCUT2D eigenvalue weighted by molar-refractivity contribution is -0.120. The zero-order chi connectivity index (χ0) is 28.8. The van der Waals surface area contributed by atoms with Crippen molar-refractivity contribution >= 4 is 34.6 Å². The molecule has 3 fully saturated rings. The fourth-order valence-corrected chi connectivity index (χ4v) is 6.12. The maximum Gasteiger partial charge on any atom is 0.410 e. The van der Waals surface area contributed by atoms with Gasteiger partial charge in [-0.25, -0.2) is 18.4 Å². The summed E-state index contributed by atoms with van der Waals surface area (Å²) in [4.78, 5) is 41.2. The number of alkyl halides is 1. The van der Waals surface area contributed by atoms with Crippen molar-refractivity contribution in [1.82, 2.24) is 19.7 Å². The zero-order valence-electron chi connectivity index (χ0n) is 23.8. The predicted molar refractivity (Wildman–Crippen MR) is 148 cm³/mol. The Kier molecular flexibility index (Phi) is 7.54. The highest BCUT2D eigenvalue weighted by Crippen LogP contribution is 2.36. The number of ether oxygens (including phenoxy) is 1. The second-order valence-electron chi connectivity index (χ2n) is 12.4. The number of hydrogen-bond acceptors (Lipinski definition) is 5. The number of nitrogens with one attached hydrogen (secondary N) is 1. The van der Waals surface area contributed by atoms with Crippen LogP contribution < -0.4 is 10.2 Å². The van der Waals surface area contributed by atoms with Crippen molar-refractivity contribution in [2.24, 2.45) is 0 Å². The number of nitrogens with zero attached hydrogens (tertiary/aromatic N) is 4. The van der Waals surface area contributed by atoms with E-state index in [9.17, 15) is 14.4 Å². The van der Waals surface area contributed by atoms with E-state index in [1.54, 1.807) is 11.0 Å². The van der Waals surface area contributed by atoms with Crippen LogP contribution >= 0.6 is 0 Å². The standard InChI is InChI=1S/C29H39F2N5O4/c1-19-17-36(21-5-6-22(25(30)24(19)21)35-14-9-23(37)32-26(35)38)20-7-12-33(13-8-20)18-29(31)10-15-34(16-11-29)27(39)40-28(2,3)4/h5-6,17,20H,7-16,18H2,1-4H3,(H,32,37,38). The molecule has 0 radical (unpaired) electrons. The Balaban J connectivity index is 1.21. The van der Waals surface area contributed by atoms with Gasteiger partial charge in [0.05, 0.1) is 11.2 Å². The van der Waals surface area contributed by atoms with Crippen LogP contribution in [0.15, 0.2) is 18.3 Å². The summed E-state index contributed by atoms with van der Waals surface area (Å²) in [5.41, 5.74) is -0.201. The van der Waals surface area contributed by atoms with Crippen LogP contribution in [0.5, 0.6) is 0 Å². The van der Waals surface area contributed by atoms with Gasteiger partial charge in [0.1, 0.15) is 11.3 Å². The second-order valence-corrected chi connectivity index (χ2v) is 12.4. The van der Waals surface area contributed by atoms with E-state index < -0.39 is 23.1 Å². The van der Waals surface area contributed by atoms with Gasteiger partial charge in [-0.2, -0.15) is 0 Å². The normalized spacial score (nSPS) is 21.1. The second kappa shape index (κ2) is 10.6. The minimum absolute atomic E-state index is 0.129. The molecule has 0 aliphatic carbocycles. The zero-order valence-corrected chi connectivity index (χ0v) is 23.8. The number of fused-ring (bicyclic) bond motifs is 1. The van der Waals surface area contributed by atoms with Gasteiger partial charge in [-0.05, 0) is 58.2 Å². The lowest BCUT2D eigenvalue weighted by Crippen LogP contribution is -2.51. The highest BCUT2D eigenvalue weighted by Gasteiger charge is 2.39. The molecule has 3 saturated heterocycles. The van der Waals surface area contributed by atoms with Crippen LogP contribution in [0.3, 0.4) is 0 Å². The van der Waals surface area contributed by atoms with E-state index in [1.165, 1.54) is 4.90 Å². The molecule has 1 aromatic heterocycles. The van der Waals surface area contributed by atoms with E-state index in [0.29, 0.717) is 37.9 Å². The molecule has 4 amide bonds. The van der Waals surface area contributed by atoms with Crippen LogP contribution in [0.1, 0.15) is 64.5 Å². The number of rotatable bonds is 4. The number of piperidine rings is 2. The van der Waals surface area contributed by atoms with Crippen molar-refractivity contribution in [3.8, 4) is 0 Å². The van der Waals surface area contributed by atoms with Crippen LogP contribution in [-0.4, -0.2) is 82.9 Å². The molecule has 3 aliphatic rings. The summed E-state index contributed by atoms with van der Waals surface area (Å²) in [5, 5.41) is 2.72. The SMILES string of the molecule is Cc1cn(C2CCN(CC3(F)CCN(C(=O)OC(C)(C)C)CC3)CC2)c2ccc(N3CCC(=O)NC3=O)c(F)c12. The molecule has 2 aromatic rings. The average Bonchev–Trinajstić information content (AvgIpc) is 3.21. The summed E-state index contributed by atoms with van der Waals surface area (Å²) in [5.74, 6) is -0.825. The summed E-state index contributed by atoms with van der Waals surface area (Å²) >= 11 is 0. The van der Waals surface area contributed by atoms with Gasteiger partial charge in [0.15, 0.2) is 5.82 Å². The molecule has 3 aliphatic heterocycles. The molecule has 0 spiro atoms. The molecule has 1 aromatic carbocycles. The van der Waals surface area contributed by atoms with Crippen LogP contribution in [0.25, 0.3) is 10.9 Å². The van der Waals surface area contributed by atoms with Crippen molar-refractivity contribution in [3.63, 3.8) is 0 Å². The lowest BCUT2D eigenvalue weighted by Gasteiger charge is -2.41. The molecule has 0 saturated carbocycles. The number of imide groups is 1. The number of carbonyl (C=O) groups is 3. The largest absolute Gasteiger partial charge is 0.444 e. The number of amides is 4. The van der Waals surface area contributed by atoms with E-state index in [-0.39, 0.29) is 36.7 Å². The third-order valence-corrected chi connectivity index (χ3v) is 8.22. The first-order chi connectivity index (χ1) is 18.8. The fourth-order valence-electron chi connectivity index (χ4n) is 6.12. The number of aryl methyl sites for hydroxylation is 1. The number of halogens is 2. The first-order valence-corrected chi connectivity index (χ1v) is 14.1. The van der Waals surface area contributed by atoms with Gasteiger partial charge in [-0.15, -0.1) is 0 Å². The monoisotopic (exact) mass is 559 g/mol. The number of likely N-dealkylation sites (tertiary alicyclic amines) is 2. The number of anilines is 1. The van der Waals surface area contributed by atoms with Gasteiger partial charge in [-0.3, -0.25) is 15.0 Å². The van der Waals surface area contributed by atoms with Crippen LogP contribution in [0.2, 0.25) is 0 Å². The highest BCUT2D eigenvalue weighted by molar-refractivity contribution is 6.06. The summed E-state index contributed by atoms with van der Waals surface area (Å²) in [6.07, 6.45) is 3.90. The lowest BCUT2D eigenvalue weighted by atomic mass is 9.91. The molecular weight excluding hydrogens is 520 g/mol. The Bertz CT molecular complexity index is 1300. The van der Waals surface area contributed by atoms with Gasteiger partial charge >= 0.3 is 12.1 Å². The number of aromatic nitrogens is 1. The maximum absolute atomic E-state index is 15.7. The van der Waals surface area contributed by atoms with Crippen LogP contribution in [0.4, 0.5) is 24.1 Å². The quantitative estimate of drug-likeness (QED) is 0.575. The molecule has 0 bridgehead atoms. The minimum atomic E-state index is -1.34. The van der Waals surface area contributed by atoms with E-state index in [2.05, 4.69) is 14.8 Å². The van der Waals surface area contributed by atoms with Crippen molar-refractivity contribution in [1.29, 1.82) is 0 Å². The smallest absolute Gasteiger partial charge is 0.410 e. The number of hydrogen-bond donors (Lipinski definition) is 1. The summed E-state index contributed by atoms with van der Waals surface area (Å²) < 4.78 is 39.0. The minimum Gasteiger partial charge on any atom is -0.444 e. The van der Waals surface area contributed by atoms with Gasteiger partial charge < -0.3 is 19.1 Å². The molecule has 40 heavy (non-hydrogen) atoms. The number of benzene rings is 1. The summed E-state index contributed by atoms with van der Waals surface area (Å²) in [7, 11) is 0. The van der Waals surface area contributed by atoms with E-state index in [0.717, 1.165) is 37.0 Å². The molecule has 0 unspecified atom stereocenters. The first kappa shape index (κ1) is 28.3. The fraction of sp³-hybridized carbons (Fsp3) is 0.621. The number of urea groups is 1. The molecule has 218 valence electrons. The molecule has 4 heterocycles. The van der Waals surface area contributed by atoms with Crippen molar-refractivity contribution in [3.05, 3.63) is 29.7 Å². The molecule has 1 N–H and O–H groups in total.